The van der Waals surface area contributed by atoms with E-state index in [9.17, 15) is 0 Å². The average Bonchev–Trinajstić information content (AvgIpc) is 2.97. The highest BCUT2D eigenvalue weighted by Crippen LogP contribution is 2.17. The molecule has 1 atom stereocenters. The van der Waals surface area contributed by atoms with Gasteiger partial charge in [-0.05, 0) is 97.4 Å². The predicted octanol–water partition coefficient (Wildman–Crippen LogP) is 10.2. The highest BCUT2D eigenvalue weighted by Gasteiger charge is 2.04. The number of anilines is 1. The van der Waals surface area contributed by atoms with E-state index in [2.05, 4.69) is 157 Å². The monoisotopic (exact) mass is 557 g/mol. The maximum atomic E-state index is 4.15. The molecule has 1 heteroatoms. The van der Waals surface area contributed by atoms with E-state index >= 15 is 0 Å². The molecule has 1 nitrogen and oxygen atoms in total. The van der Waals surface area contributed by atoms with Crippen molar-refractivity contribution in [2.45, 2.75) is 73.3 Å². The summed E-state index contributed by atoms with van der Waals surface area (Å²) in [7, 11) is 0. The van der Waals surface area contributed by atoms with Crippen LogP contribution in [-0.4, -0.2) is 6.04 Å². The Hall–Kier alpha value is -4.10. The number of nitrogens with one attached hydrogen (secondary N) is 1. The molecule has 0 aromatic heterocycles. The molecule has 2 aromatic rings. The van der Waals surface area contributed by atoms with Crippen LogP contribution in [0.5, 0.6) is 0 Å². The molecule has 0 saturated heterocycles. The van der Waals surface area contributed by atoms with E-state index in [1.807, 2.05) is 18.2 Å². The highest BCUT2D eigenvalue weighted by molar-refractivity contribution is 5.50. The molecule has 220 valence electrons. The summed E-state index contributed by atoms with van der Waals surface area (Å²) in [5.41, 5.74) is 8.53. The first-order valence-electron chi connectivity index (χ1n) is 15.2. The van der Waals surface area contributed by atoms with E-state index in [1.165, 1.54) is 27.8 Å². The summed E-state index contributed by atoms with van der Waals surface area (Å²) < 4.78 is 0. The maximum Gasteiger partial charge on any atom is 0.0482 e. The molecule has 42 heavy (non-hydrogen) atoms. The van der Waals surface area contributed by atoms with Gasteiger partial charge in [-0.15, -0.1) is 0 Å². The summed E-state index contributed by atoms with van der Waals surface area (Å²) >= 11 is 0. The van der Waals surface area contributed by atoms with Crippen LogP contribution in [0, 0.1) is 13.8 Å². The van der Waals surface area contributed by atoms with E-state index in [-0.39, 0.29) is 6.04 Å². The summed E-state index contributed by atoms with van der Waals surface area (Å²) in [6.07, 6.45) is 30.2. The molecule has 2 aromatic carbocycles. The summed E-state index contributed by atoms with van der Waals surface area (Å²) in [6.45, 7) is 21.2. The smallest absolute Gasteiger partial charge is 0.0482 e. The molecule has 0 amide bonds. The Morgan fingerprint density at radius 3 is 2.36 bits per heavy atom. The van der Waals surface area contributed by atoms with Crippen LogP contribution in [0.2, 0.25) is 0 Å². The first-order chi connectivity index (χ1) is 20.2. The summed E-state index contributed by atoms with van der Waals surface area (Å²) in [5, 5.41) is 5.90. The fourth-order valence-corrected chi connectivity index (χ4v) is 4.09. The van der Waals surface area contributed by atoms with Crippen molar-refractivity contribution in [1.82, 2.24) is 0 Å². The molecule has 1 N–H and O–H groups in total. The number of hydrogen-bond donors (Lipinski definition) is 1. The van der Waals surface area contributed by atoms with Crippen molar-refractivity contribution in [1.29, 1.82) is 0 Å². The minimum Gasteiger partial charge on any atom is -0.379 e. The van der Waals surface area contributed by atoms with E-state index in [0.29, 0.717) is 0 Å². The Bertz CT molecular complexity index is 1480. The maximum absolute atomic E-state index is 4.15. The van der Waals surface area contributed by atoms with Gasteiger partial charge in [0.15, 0.2) is 0 Å². The molecule has 0 fully saturated rings. The summed E-state index contributed by atoms with van der Waals surface area (Å²) in [5.74, 6) is 0. The molecule has 0 radical (unpaired) electrons. The fourth-order valence-electron chi connectivity index (χ4n) is 4.09. The lowest BCUT2D eigenvalue weighted by Crippen LogP contribution is -2.21. The average molecular weight is 558 g/mol. The number of rotatable bonds is 15. The molecule has 0 aliphatic heterocycles. The van der Waals surface area contributed by atoms with Crippen LogP contribution in [-0.2, 0) is 0 Å². The number of hydrogen-bond acceptors (Lipinski definition) is 1. The van der Waals surface area contributed by atoms with Gasteiger partial charge in [-0.1, -0.05) is 142 Å². The Labute approximate surface area is 256 Å². The predicted molar refractivity (Wildman–Crippen MR) is 190 cm³/mol. The van der Waals surface area contributed by atoms with Crippen molar-refractivity contribution in [2.24, 2.45) is 0 Å². The molecule has 0 spiro atoms. The van der Waals surface area contributed by atoms with Crippen molar-refractivity contribution in [3.8, 4) is 0 Å². The van der Waals surface area contributed by atoms with Crippen molar-refractivity contribution in [2.75, 3.05) is 5.32 Å². The first kappa shape index (κ1) is 34.1. The van der Waals surface area contributed by atoms with E-state index in [4.69, 9.17) is 0 Å². The molecule has 2 rings (SSSR count). The normalized spacial score (nSPS) is 14.6. The van der Waals surface area contributed by atoms with Gasteiger partial charge in [0.05, 0.1) is 0 Å². The van der Waals surface area contributed by atoms with Crippen molar-refractivity contribution < 1.29 is 0 Å². The second-order valence-electron chi connectivity index (χ2n) is 10.9. The topological polar surface area (TPSA) is 12.0 Å². The lowest BCUT2D eigenvalue weighted by molar-refractivity contribution is 0.892. The zero-order valence-corrected chi connectivity index (χ0v) is 26.8. The fraction of sp³-hybridized carbons (Fsp3) is 0.268. The quantitative estimate of drug-likeness (QED) is 0.215. The lowest BCUT2D eigenvalue weighted by Gasteiger charge is -2.16. The van der Waals surface area contributed by atoms with Gasteiger partial charge in [0.2, 0.25) is 0 Å². The summed E-state index contributed by atoms with van der Waals surface area (Å²) in [6, 6.07) is 14.9. The number of benzene rings is 2. The third-order valence-electron chi connectivity index (χ3n) is 7.26. The Kier molecular flexibility index (Phi) is 15.5. The minimum atomic E-state index is 0.161. The van der Waals surface area contributed by atoms with Gasteiger partial charge in [0.1, 0.15) is 0 Å². The molecule has 0 aliphatic carbocycles. The van der Waals surface area contributed by atoms with Gasteiger partial charge in [-0.25, -0.2) is 0 Å². The molecule has 0 bridgehead atoms. The standard InChI is InChI=1S/C41H51N/c1-9-11-13-21-38(30-32(3)10-2)22-14-12-15-24-40(42-41-29-27-35(6)37(8)31-41)25-18-20-33(4)34(5)26-28-39-23-17-16-19-36(39)7/h12-23,25-31,40,42H,3,7,9-11,24H2,1-2,4-6,8H3/b15-12-,21-13-,22-14+,25-18+,33-20-,34-26-,38-30+,39-28+. The molecule has 1 unspecified atom stereocenters. The molecular formula is C41H51N. The van der Waals surface area contributed by atoms with Crippen LogP contribution in [0.1, 0.15) is 64.5 Å². The van der Waals surface area contributed by atoms with Crippen LogP contribution >= 0.6 is 0 Å². The zero-order valence-electron chi connectivity index (χ0n) is 26.8. The van der Waals surface area contributed by atoms with Crippen LogP contribution in [0.15, 0.2) is 138 Å². The largest absolute Gasteiger partial charge is 0.379 e. The lowest BCUT2D eigenvalue weighted by atomic mass is 10.1. The van der Waals surface area contributed by atoms with E-state index < -0.39 is 0 Å². The van der Waals surface area contributed by atoms with Crippen molar-refractivity contribution in [3.63, 3.8) is 0 Å². The number of aryl methyl sites for hydroxylation is 2. The highest BCUT2D eigenvalue weighted by atomic mass is 14.9. The van der Waals surface area contributed by atoms with E-state index in [1.54, 1.807) is 0 Å². The van der Waals surface area contributed by atoms with Crippen LogP contribution in [0.3, 0.4) is 0 Å². The second-order valence-corrected chi connectivity index (χ2v) is 10.9. The van der Waals surface area contributed by atoms with E-state index in [0.717, 1.165) is 47.4 Å². The number of unbranched alkanes of at least 4 members (excludes halogenated alkanes) is 1. The Balaban J connectivity index is 2.20. The molecule has 0 aliphatic rings. The molecule has 0 heterocycles. The van der Waals surface area contributed by atoms with Gasteiger partial charge in [-0.3, -0.25) is 0 Å². The van der Waals surface area contributed by atoms with Gasteiger partial charge in [0.25, 0.3) is 0 Å². The zero-order chi connectivity index (χ0) is 30.7. The minimum absolute atomic E-state index is 0.161. The molecular weight excluding hydrogens is 506 g/mol. The third kappa shape index (κ3) is 13.0. The summed E-state index contributed by atoms with van der Waals surface area (Å²) in [4.78, 5) is 0. The molecule has 0 saturated carbocycles. The second kappa shape index (κ2) is 19.1. The van der Waals surface area contributed by atoms with Crippen LogP contribution in [0.25, 0.3) is 12.7 Å². The Morgan fingerprint density at radius 1 is 0.881 bits per heavy atom. The van der Waals surface area contributed by atoms with Gasteiger partial charge in [-0.2, -0.15) is 0 Å². The van der Waals surface area contributed by atoms with Gasteiger partial charge < -0.3 is 5.32 Å². The first-order valence-corrected chi connectivity index (χ1v) is 15.2. The SMILES string of the molecule is C=C(/C=C(\C=C/CCC)/C=C/C=C\CC(/C=C/C=C(C)\C(C)=C/C=c1\ccccc1=C)Nc1ccc(C)c(C)c1)CC. The van der Waals surface area contributed by atoms with Gasteiger partial charge >= 0.3 is 0 Å². The van der Waals surface area contributed by atoms with Crippen molar-refractivity contribution in [3.05, 3.63) is 160 Å². The van der Waals surface area contributed by atoms with Crippen LogP contribution in [0.4, 0.5) is 5.69 Å². The third-order valence-corrected chi connectivity index (χ3v) is 7.26. The number of allylic oxidation sites excluding steroid dienone is 13. The van der Waals surface area contributed by atoms with Gasteiger partial charge in [0, 0.05) is 11.7 Å². The van der Waals surface area contributed by atoms with Crippen molar-refractivity contribution >= 4 is 18.3 Å². The Morgan fingerprint density at radius 2 is 1.64 bits per heavy atom. The van der Waals surface area contributed by atoms with Crippen LogP contribution < -0.4 is 15.8 Å².